The molecule has 3 fully saturated rings. The quantitative estimate of drug-likeness (QED) is 0.544. The third-order valence-electron chi connectivity index (χ3n) is 5.65. The van der Waals surface area contributed by atoms with E-state index < -0.39 is 60.1 Å². The first kappa shape index (κ1) is 24.6. The molecule has 6 atom stereocenters. The van der Waals surface area contributed by atoms with Crippen LogP contribution in [0.25, 0.3) is 0 Å². The average Bonchev–Trinajstić information content (AvgIpc) is 3.25. The van der Waals surface area contributed by atoms with E-state index in [1.165, 1.54) is 0 Å². The minimum Gasteiger partial charge on any atom is -0.345 e. The highest BCUT2D eigenvalue weighted by Crippen LogP contribution is 2.44. The summed E-state index contributed by atoms with van der Waals surface area (Å²) in [5.74, 6) is -3.31. The Morgan fingerprint density at radius 1 is 0.912 bits per heavy atom. The first-order valence-electron chi connectivity index (χ1n) is 11.2. The molecule has 0 radical (unpaired) electrons. The second kappa shape index (κ2) is 9.23. The van der Waals surface area contributed by atoms with Crippen LogP contribution in [0.1, 0.15) is 34.6 Å². The highest BCUT2D eigenvalue weighted by molar-refractivity contribution is 5.97. The van der Waals surface area contributed by atoms with Gasteiger partial charge in [-0.3, -0.25) is 14.4 Å². The largest absolute Gasteiger partial charge is 0.345 e. The van der Waals surface area contributed by atoms with E-state index >= 15 is 0 Å². The van der Waals surface area contributed by atoms with Gasteiger partial charge in [0.1, 0.15) is 24.4 Å². The lowest BCUT2D eigenvalue weighted by atomic mass is 9.98. The van der Waals surface area contributed by atoms with E-state index in [1.54, 1.807) is 58.9 Å². The molecule has 3 amide bonds. The fourth-order valence-corrected chi connectivity index (χ4v) is 4.22. The summed E-state index contributed by atoms with van der Waals surface area (Å²) >= 11 is 0. The van der Waals surface area contributed by atoms with E-state index in [0.29, 0.717) is 5.69 Å². The van der Waals surface area contributed by atoms with Gasteiger partial charge in [-0.25, -0.2) is 0 Å². The van der Waals surface area contributed by atoms with Gasteiger partial charge in [0.2, 0.25) is 11.8 Å². The Bertz CT molecular complexity index is 937. The van der Waals surface area contributed by atoms with Crippen LogP contribution in [-0.2, 0) is 38.1 Å². The normalized spacial score (nSPS) is 31.6. The molecule has 1 aromatic rings. The lowest BCUT2D eigenvalue weighted by Gasteiger charge is -2.36. The monoisotopic (exact) mass is 477 g/mol. The molecule has 0 aliphatic carbocycles. The Morgan fingerprint density at radius 3 is 2.24 bits per heavy atom. The molecule has 11 nitrogen and oxygen atoms in total. The first-order valence-corrected chi connectivity index (χ1v) is 11.2. The Kier molecular flexibility index (Phi) is 6.67. The highest BCUT2D eigenvalue weighted by atomic mass is 16.9. The van der Waals surface area contributed by atoms with Crippen LogP contribution in [0.2, 0.25) is 0 Å². The molecular formula is C23H31N3O8. The molecule has 34 heavy (non-hydrogen) atoms. The first-order chi connectivity index (χ1) is 15.9. The van der Waals surface area contributed by atoms with Gasteiger partial charge >= 0.3 is 0 Å². The number of carbonyl (C=O) groups excluding carboxylic acids is 3. The summed E-state index contributed by atoms with van der Waals surface area (Å²) in [6.07, 6.45) is -3.77. The molecule has 186 valence electrons. The van der Waals surface area contributed by atoms with Crippen molar-refractivity contribution >= 4 is 23.4 Å². The number of fused-ring (bicyclic) bond motifs is 3. The van der Waals surface area contributed by atoms with Crippen molar-refractivity contribution < 1.29 is 38.1 Å². The molecule has 3 saturated heterocycles. The van der Waals surface area contributed by atoms with Crippen LogP contribution in [0.15, 0.2) is 30.3 Å². The van der Waals surface area contributed by atoms with Gasteiger partial charge in [-0.1, -0.05) is 18.2 Å². The van der Waals surface area contributed by atoms with Gasteiger partial charge in [-0.15, -0.1) is 0 Å². The molecule has 0 spiro atoms. The predicted octanol–water partition coefficient (Wildman–Crippen LogP) is 0.643. The number of nitrogens with one attached hydrogen (secondary N) is 3. The predicted molar refractivity (Wildman–Crippen MR) is 118 cm³/mol. The van der Waals surface area contributed by atoms with Crippen LogP contribution in [0, 0.1) is 0 Å². The second-order valence-electron chi connectivity index (χ2n) is 9.45. The van der Waals surface area contributed by atoms with Crippen molar-refractivity contribution in [1.82, 2.24) is 10.6 Å². The van der Waals surface area contributed by atoms with Crippen LogP contribution < -0.4 is 16.0 Å². The van der Waals surface area contributed by atoms with E-state index in [4.69, 9.17) is 23.7 Å². The summed E-state index contributed by atoms with van der Waals surface area (Å²) in [5, 5.41) is 7.81. The third-order valence-corrected chi connectivity index (χ3v) is 5.65. The summed E-state index contributed by atoms with van der Waals surface area (Å²) in [6, 6.07) is 8.09. The van der Waals surface area contributed by atoms with Gasteiger partial charge in [0.25, 0.3) is 5.91 Å². The maximum absolute atomic E-state index is 12.9. The van der Waals surface area contributed by atoms with Crippen molar-refractivity contribution in [3.8, 4) is 0 Å². The van der Waals surface area contributed by atoms with Gasteiger partial charge in [0.15, 0.2) is 24.0 Å². The van der Waals surface area contributed by atoms with Gasteiger partial charge in [-0.2, -0.15) is 0 Å². The maximum Gasteiger partial charge on any atom is 0.252 e. The number of hydrogen-bond acceptors (Lipinski definition) is 8. The zero-order valence-electron chi connectivity index (χ0n) is 19.8. The summed E-state index contributed by atoms with van der Waals surface area (Å²) in [7, 11) is 0. The number of rotatable bonds is 6. The van der Waals surface area contributed by atoms with E-state index in [1.807, 2.05) is 6.07 Å². The second-order valence-corrected chi connectivity index (χ2v) is 9.45. The highest BCUT2D eigenvalue weighted by Gasteiger charge is 2.62. The molecule has 0 aromatic heterocycles. The van der Waals surface area contributed by atoms with Gasteiger partial charge in [0, 0.05) is 5.69 Å². The molecule has 3 aliphatic rings. The smallest absolute Gasteiger partial charge is 0.252 e. The van der Waals surface area contributed by atoms with Crippen molar-refractivity contribution in [1.29, 1.82) is 0 Å². The summed E-state index contributed by atoms with van der Waals surface area (Å²) in [4.78, 5) is 37.6. The number of anilines is 1. The van der Waals surface area contributed by atoms with Crippen LogP contribution in [0.3, 0.4) is 0 Å². The van der Waals surface area contributed by atoms with E-state index in [-0.39, 0.29) is 12.5 Å². The van der Waals surface area contributed by atoms with Crippen molar-refractivity contribution in [3.63, 3.8) is 0 Å². The Labute approximate surface area is 197 Å². The van der Waals surface area contributed by atoms with Gasteiger partial charge in [-0.05, 0) is 46.8 Å². The topological polar surface area (TPSA) is 133 Å². The fraction of sp³-hybridized carbons (Fsp3) is 0.609. The molecule has 0 bridgehead atoms. The lowest BCUT2D eigenvalue weighted by molar-refractivity contribution is -0.231. The Balaban J connectivity index is 1.32. The number of hydrogen-bond donors (Lipinski definition) is 3. The minimum absolute atomic E-state index is 0.347. The Morgan fingerprint density at radius 2 is 1.53 bits per heavy atom. The zero-order chi connectivity index (χ0) is 24.7. The lowest BCUT2D eigenvalue weighted by Crippen LogP contribution is -2.60. The van der Waals surface area contributed by atoms with E-state index in [9.17, 15) is 14.4 Å². The molecule has 6 unspecified atom stereocenters. The van der Waals surface area contributed by atoms with Gasteiger partial charge < -0.3 is 39.6 Å². The SMILES string of the molecule is CC(NC(=O)CNC(=O)C1OC2OC(C)(C)OC2C2OC(C)(C)OC12)C(=O)Nc1ccccc1. The fourth-order valence-electron chi connectivity index (χ4n) is 4.22. The van der Waals surface area contributed by atoms with Crippen molar-refractivity contribution in [2.45, 2.75) is 82.9 Å². The molecule has 4 rings (SSSR count). The minimum atomic E-state index is -1.07. The molecule has 3 heterocycles. The standard InChI is InChI=1S/C23H31N3O8/c1-12(19(28)26-13-9-7-6-8-10-13)25-14(27)11-24-20(29)17-15-16(32-22(2,3)31-15)18-21(30-17)34-23(4,5)33-18/h6-10,12,15-18,21H,11H2,1-5H3,(H,24,29)(H,25,27)(H,26,28). The van der Waals surface area contributed by atoms with Crippen molar-refractivity contribution in [2.24, 2.45) is 0 Å². The number of para-hydroxylation sites is 1. The zero-order valence-corrected chi connectivity index (χ0v) is 19.8. The maximum atomic E-state index is 12.9. The third kappa shape index (κ3) is 5.39. The number of ether oxygens (including phenoxy) is 5. The van der Waals surface area contributed by atoms with Crippen LogP contribution in [0.4, 0.5) is 5.69 Å². The van der Waals surface area contributed by atoms with Crippen LogP contribution in [0.5, 0.6) is 0 Å². The molecular weight excluding hydrogens is 446 g/mol. The van der Waals surface area contributed by atoms with Crippen molar-refractivity contribution in [3.05, 3.63) is 30.3 Å². The summed E-state index contributed by atoms with van der Waals surface area (Å²) in [6.45, 7) is 8.19. The summed E-state index contributed by atoms with van der Waals surface area (Å²) < 4.78 is 29.5. The van der Waals surface area contributed by atoms with Gasteiger partial charge in [0.05, 0.1) is 6.54 Å². The summed E-state index contributed by atoms with van der Waals surface area (Å²) in [5.41, 5.74) is 0.618. The molecule has 11 heteroatoms. The molecule has 3 aliphatic heterocycles. The van der Waals surface area contributed by atoms with Crippen LogP contribution >= 0.6 is 0 Å². The molecule has 0 saturated carbocycles. The average molecular weight is 478 g/mol. The molecule has 1 aromatic carbocycles. The van der Waals surface area contributed by atoms with Crippen LogP contribution in [-0.4, -0.2) is 72.6 Å². The number of benzene rings is 1. The van der Waals surface area contributed by atoms with E-state index in [2.05, 4.69) is 16.0 Å². The number of amides is 3. The Hall–Kier alpha value is -2.57. The van der Waals surface area contributed by atoms with E-state index in [0.717, 1.165) is 0 Å². The number of carbonyl (C=O) groups is 3. The van der Waals surface area contributed by atoms with Crippen molar-refractivity contribution in [2.75, 3.05) is 11.9 Å². The molecule has 3 N–H and O–H groups in total.